The maximum absolute atomic E-state index is 12.7. The van der Waals surface area contributed by atoms with Crippen LogP contribution in [0.1, 0.15) is 67.1 Å². The largest absolute Gasteiger partial charge is 0.444 e. The molecule has 0 saturated carbocycles. The van der Waals surface area contributed by atoms with Crippen LogP contribution >= 0.6 is 0 Å². The van der Waals surface area contributed by atoms with Crippen LogP contribution in [0, 0.1) is 0 Å². The van der Waals surface area contributed by atoms with Crippen molar-refractivity contribution >= 4 is 23.7 Å². The van der Waals surface area contributed by atoms with E-state index in [2.05, 4.69) is 13.0 Å². The van der Waals surface area contributed by atoms with Gasteiger partial charge in [0.1, 0.15) is 5.60 Å². The lowest BCUT2D eigenvalue weighted by atomic mass is 9.89. The summed E-state index contributed by atoms with van der Waals surface area (Å²) >= 11 is 0. The molecule has 0 spiro atoms. The fraction of sp³-hybridized carbons (Fsp3) is 0.444. The second-order valence-corrected chi connectivity index (χ2v) is 10.0. The van der Waals surface area contributed by atoms with Crippen molar-refractivity contribution < 1.29 is 23.9 Å². The summed E-state index contributed by atoms with van der Waals surface area (Å²) in [6, 6.07) is 12.9. The van der Waals surface area contributed by atoms with Crippen molar-refractivity contribution in [2.45, 2.75) is 58.5 Å². The molecule has 2 aromatic rings. The second kappa shape index (κ2) is 9.49. The van der Waals surface area contributed by atoms with Gasteiger partial charge in [-0.25, -0.2) is 9.59 Å². The fourth-order valence-corrected chi connectivity index (χ4v) is 4.52. The van der Waals surface area contributed by atoms with E-state index in [1.54, 1.807) is 34.1 Å². The van der Waals surface area contributed by atoms with E-state index in [1.807, 2.05) is 32.9 Å². The molecular formula is C27H32N2O5. The molecule has 2 aliphatic rings. The smallest absolute Gasteiger partial charge is 0.410 e. The van der Waals surface area contributed by atoms with E-state index in [0.717, 1.165) is 16.8 Å². The molecule has 4 rings (SSSR count). The Bertz CT molecular complexity index is 1090. The zero-order valence-corrected chi connectivity index (χ0v) is 20.3. The molecule has 1 atom stereocenters. The van der Waals surface area contributed by atoms with Crippen LogP contribution in [-0.4, -0.2) is 48.3 Å². The van der Waals surface area contributed by atoms with Crippen LogP contribution < -0.4 is 4.90 Å². The molecule has 2 aromatic carbocycles. The Kier molecular flexibility index (Phi) is 6.64. The Balaban J connectivity index is 1.54. The Labute approximate surface area is 200 Å². The number of amides is 2. The lowest BCUT2D eigenvalue weighted by Gasteiger charge is -2.30. The number of rotatable bonds is 3. The highest BCUT2D eigenvalue weighted by Gasteiger charge is 2.31. The minimum absolute atomic E-state index is 0.0645. The average molecular weight is 465 g/mol. The average Bonchev–Trinajstić information content (AvgIpc) is 2.95. The number of carbonyl (C=O) groups is 3. The number of benzene rings is 2. The number of esters is 1. The van der Waals surface area contributed by atoms with Crippen LogP contribution in [0.15, 0.2) is 42.5 Å². The maximum Gasteiger partial charge on any atom is 0.410 e. The van der Waals surface area contributed by atoms with Crippen molar-refractivity contribution in [3.63, 3.8) is 0 Å². The monoisotopic (exact) mass is 464 g/mol. The van der Waals surface area contributed by atoms with Gasteiger partial charge in [-0.3, -0.25) is 9.69 Å². The highest BCUT2D eigenvalue weighted by molar-refractivity contribution is 5.97. The standard InChI is InChI=1S/C27H32N2O5/c1-18-16-28(26(32)34-27(2,3)4)13-12-20-15-23-21(14-22(18)20)10-11-24(30)29(23)17-33-25(31)19-8-6-5-7-9-19/h5-9,14-15,18H,10-13,16-17H2,1-4H3. The third-order valence-electron chi connectivity index (χ3n) is 6.20. The summed E-state index contributed by atoms with van der Waals surface area (Å²) in [4.78, 5) is 41.2. The molecule has 2 aliphatic heterocycles. The number of hydrogen-bond donors (Lipinski definition) is 0. The van der Waals surface area contributed by atoms with Crippen molar-refractivity contribution in [3.05, 3.63) is 64.7 Å². The zero-order valence-electron chi connectivity index (χ0n) is 20.3. The summed E-state index contributed by atoms with van der Waals surface area (Å²) in [5, 5.41) is 0. The van der Waals surface area contributed by atoms with Gasteiger partial charge in [0, 0.05) is 19.5 Å². The van der Waals surface area contributed by atoms with Gasteiger partial charge < -0.3 is 14.4 Å². The molecule has 2 amide bonds. The molecule has 34 heavy (non-hydrogen) atoms. The van der Waals surface area contributed by atoms with E-state index in [4.69, 9.17) is 9.47 Å². The SMILES string of the molecule is CC1CN(C(=O)OC(C)(C)C)CCc2cc3c(cc21)CCC(=O)N3COC(=O)c1ccccc1. The minimum Gasteiger partial charge on any atom is -0.444 e. The lowest BCUT2D eigenvalue weighted by molar-refractivity contribution is -0.119. The molecule has 0 saturated heterocycles. The Morgan fingerprint density at radius 2 is 1.76 bits per heavy atom. The van der Waals surface area contributed by atoms with E-state index in [1.165, 1.54) is 5.56 Å². The maximum atomic E-state index is 12.7. The molecule has 0 aromatic heterocycles. The first kappa shape index (κ1) is 23.8. The van der Waals surface area contributed by atoms with Crippen molar-refractivity contribution in [3.8, 4) is 0 Å². The van der Waals surface area contributed by atoms with Crippen LogP contribution in [0.4, 0.5) is 10.5 Å². The first-order chi connectivity index (χ1) is 16.1. The summed E-state index contributed by atoms with van der Waals surface area (Å²) in [5.74, 6) is -0.389. The summed E-state index contributed by atoms with van der Waals surface area (Å²) in [6.07, 6.45) is 1.37. The fourth-order valence-electron chi connectivity index (χ4n) is 4.52. The van der Waals surface area contributed by atoms with Crippen molar-refractivity contribution in [1.82, 2.24) is 4.90 Å². The van der Waals surface area contributed by atoms with Crippen LogP contribution in [0.2, 0.25) is 0 Å². The number of nitrogens with zero attached hydrogens (tertiary/aromatic N) is 2. The molecule has 0 bridgehead atoms. The molecule has 1 unspecified atom stereocenters. The normalized spacial score (nSPS) is 18.0. The summed E-state index contributed by atoms with van der Waals surface area (Å²) in [5.41, 5.74) is 4.05. The summed E-state index contributed by atoms with van der Waals surface area (Å²) in [7, 11) is 0. The molecule has 180 valence electrons. The van der Waals surface area contributed by atoms with Gasteiger partial charge >= 0.3 is 12.1 Å². The predicted octanol–water partition coefficient (Wildman–Crippen LogP) is 4.68. The molecule has 0 aliphatic carbocycles. The molecule has 0 fully saturated rings. The van der Waals surface area contributed by atoms with Crippen LogP contribution in [-0.2, 0) is 27.1 Å². The van der Waals surface area contributed by atoms with Crippen molar-refractivity contribution in [2.24, 2.45) is 0 Å². The molecule has 7 heteroatoms. The molecule has 7 nitrogen and oxygen atoms in total. The van der Waals surface area contributed by atoms with Gasteiger partial charge in [-0.1, -0.05) is 31.2 Å². The predicted molar refractivity (Wildman–Crippen MR) is 129 cm³/mol. The highest BCUT2D eigenvalue weighted by atomic mass is 16.6. The van der Waals surface area contributed by atoms with E-state index >= 15 is 0 Å². The van der Waals surface area contributed by atoms with Gasteiger partial charge in [0.25, 0.3) is 0 Å². The van der Waals surface area contributed by atoms with E-state index in [-0.39, 0.29) is 24.6 Å². The second-order valence-electron chi connectivity index (χ2n) is 10.0. The van der Waals surface area contributed by atoms with Crippen LogP contribution in [0.25, 0.3) is 0 Å². The highest BCUT2D eigenvalue weighted by Crippen LogP contribution is 2.35. The first-order valence-electron chi connectivity index (χ1n) is 11.8. The number of fused-ring (bicyclic) bond motifs is 2. The molecule has 0 N–H and O–H groups in total. The third-order valence-corrected chi connectivity index (χ3v) is 6.20. The van der Waals surface area contributed by atoms with Crippen LogP contribution in [0.3, 0.4) is 0 Å². The zero-order chi connectivity index (χ0) is 24.5. The third kappa shape index (κ3) is 5.24. The van der Waals surface area contributed by atoms with Gasteiger partial charge in [-0.15, -0.1) is 0 Å². The van der Waals surface area contributed by atoms with Crippen molar-refractivity contribution in [2.75, 3.05) is 24.7 Å². The Morgan fingerprint density at radius 3 is 2.47 bits per heavy atom. The minimum atomic E-state index is -0.545. The van der Waals surface area contributed by atoms with E-state index < -0.39 is 11.6 Å². The van der Waals surface area contributed by atoms with Gasteiger partial charge in [0.2, 0.25) is 5.91 Å². The summed E-state index contributed by atoms with van der Waals surface area (Å²) in [6.45, 7) is 8.71. The number of hydrogen-bond acceptors (Lipinski definition) is 5. The summed E-state index contributed by atoms with van der Waals surface area (Å²) < 4.78 is 11.1. The van der Waals surface area contributed by atoms with Gasteiger partial charge in [0.15, 0.2) is 6.73 Å². The van der Waals surface area contributed by atoms with Crippen molar-refractivity contribution in [1.29, 1.82) is 0 Å². The number of ether oxygens (including phenoxy) is 2. The van der Waals surface area contributed by atoms with Gasteiger partial charge in [0.05, 0.1) is 11.3 Å². The molecule has 2 heterocycles. The quantitative estimate of drug-likeness (QED) is 0.617. The molecular weight excluding hydrogens is 432 g/mol. The topological polar surface area (TPSA) is 76.2 Å². The van der Waals surface area contributed by atoms with E-state index in [9.17, 15) is 14.4 Å². The number of carbonyl (C=O) groups excluding carboxylic acids is 3. The Hall–Kier alpha value is -3.35. The van der Waals surface area contributed by atoms with Gasteiger partial charge in [-0.05, 0) is 74.4 Å². The first-order valence-corrected chi connectivity index (χ1v) is 11.8. The number of aryl methyl sites for hydroxylation is 1. The number of anilines is 1. The van der Waals surface area contributed by atoms with Gasteiger partial charge in [-0.2, -0.15) is 0 Å². The Morgan fingerprint density at radius 1 is 1.03 bits per heavy atom. The molecule has 0 radical (unpaired) electrons. The van der Waals surface area contributed by atoms with E-state index in [0.29, 0.717) is 37.9 Å². The lowest BCUT2D eigenvalue weighted by Crippen LogP contribution is -2.38. The van der Waals surface area contributed by atoms with Crippen LogP contribution in [0.5, 0.6) is 0 Å².